The Morgan fingerprint density at radius 2 is 1.97 bits per heavy atom. The van der Waals surface area contributed by atoms with Crippen LogP contribution < -0.4 is 15.4 Å². The van der Waals surface area contributed by atoms with Crippen molar-refractivity contribution in [3.8, 4) is 5.88 Å². The van der Waals surface area contributed by atoms with Crippen molar-refractivity contribution >= 4 is 23.5 Å². The topological polar surface area (TPSA) is 131 Å². The van der Waals surface area contributed by atoms with Crippen LogP contribution in [0.2, 0.25) is 0 Å². The Hall–Kier alpha value is -3.14. The molecule has 10 heteroatoms. The van der Waals surface area contributed by atoms with E-state index in [1.54, 1.807) is 17.2 Å². The minimum atomic E-state index is -0.647. The van der Waals surface area contributed by atoms with Gasteiger partial charge in [0.25, 0.3) is 5.91 Å². The molecule has 4 rings (SSSR count). The van der Waals surface area contributed by atoms with E-state index in [1.165, 1.54) is 15.2 Å². The fourth-order valence-electron chi connectivity index (χ4n) is 3.96. The molecule has 172 valence electrons. The number of piperidine rings is 1. The summed E-state index contributed by atoms with van der Waals surface area (Å²) in [6.45, 7) is 5.29. The zero-order chi connectivity index (χ0) is 23.0. The molecule has 2 amide bonds. The first-order valence-electron chi connectivity index (χ1n) is 11.1. The lowest BCUT2D eigenvalue weighted by Gasteiger charge is -2.28. The van der Waals surface area contributed by atoms with Crippen molar-refractivity contribution in [1.82, 2.24) is 19.8 Å². The highest BCUT2D eigenvalue weighted by molar-refractivity contribution is 5.96. The van der Waals surface area contributed by atoms with Crippen LogP contribution in [0, 0.1) is 5.92 Å². The molecule has 0 spiro atoms. The van der Waals surface area contributed by atoms with E-state index < -0.39 is 11.5 Å². The Labute approximate surface area is 185 Å². The Morgan fingerprint density at radius 3 is 2.59 bits per heavy atom. The van der Waals surface area contributed by atoms with Gasteiger partial charge in [-0.2, -0.15) is 4.57 Å². The SMILES string of the molecule is CC(C)C[n+]1c(O)c(C(=O)NC2CC2)c(=O)n2[nH]cc(/C=C/C(=O)N3CCC(O)CC3)c21. The average Bonchev–Trinajstić information content (AvgIpc) is 3.45. The van der Waals surface area contributed by atoms with Gasteiger partial charge in [0.15, 0.2) is 0 Å². The molecule has 0 bridgehead atoms. The Kier molecular flexibility index (Phi) is 6.05. The van der Waals surface area contributed by atoms with Gasteiger partial charge in [0.05, 0.1) is 24.4 Å². The van der Waals surface area contributed by atoms with E-state index in [2.05, 4.69) is 10.4 Å². The van der Waals surface area contributed by atoms with Gasteiger partial charge in [-0.25, -0.2) is 9.89 Å². The lowest BCUT2D eigenvalue weighted by Crippen LogP contribution is -2.46. The first-order chi connectivity index (χ1) is 15.3. The van der Waals surface area contributed by atoms with Crippen LogP contribution in [-0.2, 0) is 11.3 Å². The van der Waals surface area contributed by atoms with Crippen molar-refractivity contribution < 1.29 is 24.4 Å². The number of rotatable bonds is 6. The maximum atomic E-state index is 13.0. The van der Waals surface area contributed by atoms with Crippen LogP contribution in [0.1, 0.15) is 55.5 Å². The minimum absolute atomic E-state index is 0.0459. The smallest absolute Gasteiger partial charge is 0.378 e. The number of aliphatic hydroxyl groups excluding tert-OH is 1. The summed E-state index contributed by atoms with van der Waals surface area (Å²) in [4.78, 5) is 39.9. The highest BCUT2D eigenvalue weighted by Crippen LogP contribution is 2.21. The predicted molar refractivity (Wildman–Crippen MR) is 116 cm³/mol. The molecule has 32 heavy (non-hydrogen) atoms. The fraction of sp³-hybridized carbons (Fsp3) is 0.545. The Balaban J connectivity index is 1.72. The summed E-state index contributed by atoms with van der Waals surface area (Å²) in [5, 5.41) is 26.2. The molecule has 2 fully saturated rings. The highest BCUT2D eigenvalue weighted by atomic mass is 16.3. The third-order valence-corrected chi connectivity index (χ3v) is 5.84. The zero-order valence-electron chi connectivity index (χ0n) is 18.4. The second-order valence-electron chi connectivity index (χ2n) is 9.03. The summed E-state index contributed by atoms with van der Waals surface area (Å²) in [7, 11) is 0. The number of hydrogen-bond donors (Lipinski definition) is 4. The zero-order valence-corrected chi connectivity index (χ0v) is 18.4. The number of aromatic nitrogens is 3. The fourth-order valence-corrected chi connectivity index (χ4v) is 3.96. The molecule has 2 aromatic heterocycles. The molecular weight excluding hydrogens is 414 g/mol. The molecule has 0 unspecified atom stereocenters. The molecule has 2 aromatic rings. The molecule has 1 aliphatic carbocycles. The molecule has 0 aromatic carbocycles. The minimum Gasteiger partial charge on any atom is -0.477 e. The number of fused-ring (bicyclic) bond motifs is 1. The number of nitrogens with one attached hydrogen (secondary N) is 2. The number of hydrogen-bond acceptors (Lipinski definition) is 5. The summed E-state index contributed by atoms with van der Waals surface area (Å²) in [6.07, 6.45) is 7.06. The van der Waals surface area contributed by atoms with Crippen LogP contribution >= 0.6 is 0 Å². The van der Waals surface area contributed by atoms with Gasteiger partial charge in [0.1, 0.15) is 0 Å². The van der Waals surface area contributed by atoms with E-state index in [0.29, 0.717) is 43.7 Å². The number of amides is 2. The number of carbonyl (C=O) groups is 2. The van der Waals surface area contributed by atoms with Crippen molar-refractivity contribution in [3.63, 3.8) is 0 Å². The third kappa shape index (κ3) is 4.40. The number of aromatic hydroxyl groups is 1. The van der Waals surface area contributed by atoms with Crippen molar-refractivity contribution in [1.29, 1.82) is 0 Å². The van der Waals surface area contributed by atoms with Gasteiger partial charge in [0.2, 0.25) is 11.5 Å². The van der Waals surface area contributed by atoms with E-state index in [0.717, 1.165) is 12.8 Å². The summed E-state index contributed by atoms with van der Waals surface area (Å²) in [5.74, 6) is -1.03. The van der Waals surface area contributed by atoms with Crippen LogP contribution in [0.25, 0.3) is 11.7 Å². The predicted octanol–water partition coefficient (Wildman–Crippen LogP) is 0.165. The second kappa shape index (κ2) is 8.78. The van der Waals surface area contributed by atoms with Gasteiger partial charge in [-0.05, 0) is 37.7 Å². The molecule has 2 aliphatic rings. The molecule has 1 saturated heterocycles. The van der Waals surface area contributed by atoms with Crippen LogP contribution in [0.5, 0.6) is 5.88 Å². The molecule has 1 aliphatic heterocycles. The van der Waals surface area contributed by atoms with Crippen LogP contribution in [0.4, 0.5) is 0 Å². The standard InChI is InChI=1S/C22H29N5O5/c1-13(2)12-26-20-14(3-6-17(29)25-9-7-16(28)8-10-25)11-23-27(20)22(32)18(21(26)31)19(30)24-15-4-5-15/h3,6,11,13,15-16,28H,4-5,7-10,12H2,1-2H3,(H2,24,30,31,32)/p+1/b6-3+. The lowest BCUT2D eigenvalue weighted by molar-refractivity contribution is -0.686. The van der Waals surface area contributed by atoms with E-state index in [-0.39, 0.29) is 35.4 Å². The van der Waals surface area contributed by atoms with Gasteiger partial charge in [-0.15, -0.1) is 0 Å². The van der Waals surface area contributed by atoms with Crippen molar-refractivity contribution in [2.24, 2.45) is 5.92 Å². The van der Waals surface area contributed by atoms with Gasteiger partial charge >= 0.3 is 17.1 Å². The number of carbonyl (C=O) groups excluding carboxylic acids is 2. The first kappa shape index (κ1) is 22.1. The molecule has 10 nitrogen and oxygen atoms in total. The number of aliphatic hydroxyl groups is 1. The number of likely N-dealkylation sites (tertiary alicyclic amines) is 1. The monoisotopic (exact) mass is 444 g/mol. The van der Waals surface area contributed by atoms with Gasteiger partial charge in [-0.3, -0.25) is 9.59 Å². The largest absolute Gasteiger partial charge is 0.477 e. The van der Waals surface area contributed by atoms with Gasteiger partial charge < -0.3 is 20.4 Å². The van der Waals surface area contributed by atoms with Crippen LogP contribution in [0.3, 0.4) is 0 Å². The molecule has 4 N–H and O–H groups in total. The third-order valence-electron chi connectivity index (χ3n) is 5.84. The average molecular weight is 445 g/mol. The maximum absolute atomic E-state index is 13.0. The number of aromatic amines is 1. The molecule has 1 saturated carbocycles. The quantitative estimate of drug-likeness (QED) is 0.373. The first-order valence-corrected chi connectivity index (χ1v) is 11.1. The molecular formula is C22H30N5O5+. The molecule has 0 radical (unpaired) electrons. The Bertz CT molecular complexity index is 1120. The van der Waals surface area contributed by atoms with Crippen LogP contribution in [0.15, 0.2) is 17.1 Å². The number of nitrogens with zero attached hydrogens (tertiary/aromatic N) is 3. The van der Waals surface area contributed by atoms with Crippen LogP contribution in [-0.4, -0.2) is 61.8 Å². The Morgan fingerprint density at radius 1 is 1.28 bits per heavy atom. The summed E-state index contributed by atoms with van der Waals surface area (Å²) in [5.41, 5.74) is -0.0260. The maximum Gasteiger partial charge on any atom is 0.378 e. The van der Waals surface area contributed by atoms with Gasteiger partial charge in [0, 0.05) is 25.2 Å². The van der Waals surface area contributed by atoms with E-state index in [4.69, 9.17) is 0 Å². The van der Waals surface area contributed by atoms with Crippen molar-refractivity contribution in [3.05, 3.63) is 33.8 Å². The number of H-pyrrole nitrogens is 1. The molecule has 0 atom stereocenters. The summed E-state index contributed by atoms with van der Waals surface area (Å²) in [6, 6.07) is 0.0459. The molecule has 3 heterocycles. The van der Waals surface area contributed by atoms with Crippen molar-refractivity contribution in [2.45, 2.75) is 58.2 Å². The van der Waals surface area contributed by atoms with Gasteiger partial charge in [-0.1, -0.05) is 18.4 Å². The normalized spacial score (nSPS) is 17.6. The lowest BCUT2D eigenvalue weighted by atomic mass is 10.1. The summed E-state index contributed by atoms with van der Waals surface area (Å²) < 4.78 is 2.76. The highest BCUT2D eigenvalue weighted by Gasteiger charge is 2.34. The van der Waals surface area contributed by atoms with E-state index in [9.17, 15) is 24.6 Å². The second-order valence-corrected chi connectivity index (χ2v) is 9.03. The van der Waals surface area contributed by atoms with E-state index in [1.807, 2.05) is 13.8 Å². The van der Waals surface area contributed by atoms with Crippen molar-refractivity contribution in [2.75, 3.05) is 13.1 Å². The van der Waals surface area contributed by atoms with E-state index >= 15 is 0 Å². The summed E-state index contributed by atoms with van der Waals surface area (Å²) >= 11 is 0.